The number of esters is 1. The number of nitro groups is 1. The van der Waals surface area contributed by atoms with Crippen molar-refractivity contribution >= 4 is 17.6 Å². The smallest absolute Gasteiger partial charge is 0.328 e. The number of hydrogen-bond acceptors (Lipinski definition) is 5. The monoisotopic (exact) mass is 356 g/mol. The molecule has 7 nitrogen and oxygen atoms in total. The molecule has 136 valence electrons. The molecule has 1 unspecified atom stereocenters. The molecule has 0 aliphatic rings. The summed E-state index contributed by atoms with van der Waals surface area (Å²) in [7, 11) is 0. The predicted octanol–water partition coefficient (Wildman–Crippen LogP) is 2.81. The third-order valence-corrected chi connectivity index (χ3v) is 3.75. The van der Waals surface area contributed by atoms with Crippen LogP contribution in [0.1, 0.15) is 28.4 Å². The molecular weight excluding hydrogens is 336 g/mol. The molecule has 26 heavy (non-hydrogen) atoms. The van der Waals surface area contributed by atoms with E-state index in [0.29, 0.717) is 5.56 Å². The van der Waals surface area contributed by atoms with Gasteiger partial charge in [-0.2, -0.15) is 0 Å². The van der Waals surface area contributed by atoms with Gasteiger partial charge in [-0.3, -0.25) is 14.9 Å². The van der Waals surface area contributed by atoms with Crippen LogP contribution >= 0.6 is 0 Å². The van der Waals surface area contributed by atoms with E-state index in [9.17, 15) is 19.7 Å². The largest absolute Gasteiger partial charge is 0.464 e. The van der Waals surface area contributed by atoms with E-state index in [0.717, 1.165) is 5.56 Å². The van der Waals surface area contributed by atoms with E-state index in [-0.39, 0.29) is 24.3 Å². The first kappa shape index (κ1) is 19.1. The lowest BCUT2D eigenvalue weighted by molar-refractivity contribution is -0.385. The zero-order valence-electron chi connectivity index (χ0n) is 14.6. The number of nitrogens with one attached hydrogen (secondary N) is 1. The van der Waals surface area contributed by atoms with Gasteiger partial charge in [0.1, 0.15) is 11.6 Å². The summed E-state index contributed by atoms with van der Waals surface area (Å²) in [5.74, 6) is -1.27. The predicted molar refractivity (Wildman–Crippen MR) is 95.9 cm³/mol. The maximum atomic E-state index is 12.6. The second-order valence-corrected chi connectivity index (χ2v) is 5.75. The van der Waals surface area contributed by atoms with Crippen LogP contribution in [0.15, 0.2) is 48.5 Å². The van der Waals surface area contributed by atoms with Gasteiger partial charge in [0.15, 0.2) is 0 Å². The average Bonchev–Trinajstić information content (AvgIpc) is 2.61. The lowest BCUT2D eigenvalue weighted by Gasteiger charge is -2.17. The molecule has 0 aliphatic carbocycles. The number of benzene rings is 2. The summed E-state index contributed by atoms with van der Waals surface area (Å²) < 4.78 is 5.03. The Bertz CT molecular complexity index is 805. The van der Waals surface area contributed by atoms with E-state index < -0.39 is 22.8 Å². The maximum Gasteiger partial charge on any atom is 0.328 e. The highest BCUT2D eigenvalue weighted by atomic mass is 16.6. The minimum Gasteiger partial charge on any atom is -0.464 e. The molecule has 2 rings (SSSR count). The van der Waals surface area contributed by atoms with Gasteiger partial charge in [-0.1, -0.05) is 36.4 Å². The van der Waals surface area contributed by atoms with Gasteiger partial charge in [0.2, 0.25) is 0 Å². The Balaban J connectivity index is 2.27. The lowest BCUT2D eigenvalue weighted by atomic mass is 10.0. The zero-order valence-corrected chi connectivity index (χ0v) is 14.6. The normalized spacial score (nSPS) is 11.5. The van der Waals surface area contributed by atoms with Crippen molar-refractivity contribution in [3.05, 3.63) is 75.3 Å². The van der Waals surface area contributed by atoms with E-state index in [1.54, 1.807) is 19.9 Å². The molecule has 1 atom stereocenters. The first-order valence-electron chi connectivity index (χ1n) is 8.18. The van der Waals surface area contributed by atoms with Gasteiger partial charge in [-0.15, -0.1) is 0 Å². The molecule has 0 aromatic heterocycles. The Labute approximate surface area is 151 Å². The second-order valence-electron chi connectivity index (χ2n) is 5.75. The molecule has 2 aromatic carbocycles. The number of rotatable bonds is 7. The van der Waals surface area contributed by atoms with Crippen LogP contribution in [0.5, 0.6) is 0 Å². The van der Waals surface area contributed by atoms with Crippen LogP contribution in [0.3, 0.4) is 0 Å². The Morgan fingerprint density at radius 2 is 1.88 bits per heavy atom. The van der Waals surface area contributed by atoms with Gasteiger partial charge < -0.3 is 10.1 Å². The van der Waals surface area contributed by atoms with E-state index in [2.05, 4.69) is 5.32 Å². The SMILES string of the molecule is CCOC(=O)C(Cc1ccccc1)NC(=O)c1cc(C)ccc1[N+](=O)[O-]. The fraction of sp³-hybridized carbons (Fsp3) is 0.263. The molecule has 0 radical (unpaired) electrons. The molecule has 0 aliphatic heterocycles. The van der Waals surface area contributed by atoms with Crippen molar-refractivity contribution in [2.75, 3.05) is 6.61 Å². The molecule has 2 aromatic rings. The summed E-state index contributed by atoms with van der Waals surface area (Å²) in [6.45, 7) is 3.57. The molecule has 0 saturated heterocycles. The number of nitrogens with zero attached hydrogens (tertiary/aromatic N) is 1. The van der Waals surface area contributed by atoms with Gasteiger partial charge in [-0.25, -0.2) is 4.79 Å². The zero-order chi connectivity index (χ0) is 19.1. The number of amides is 1. The summed E-state index contributed by atoms with van der Waals surface area (Å²) in [6.07, 6.45) is 0.227. The van der Waals surface area contributed by atoms with Crippen LogP contribution in [0.4, 0.5) is 5.69 Å². The number of carbonyl (C=O) groups is 2. The summed E-state index contributed by atoms with van der Waals surface area (Å²) in [5.41, 5.74) is 1.15. The van der Waals surface area contributed by atoms with Crippen LogP contribution in [-0.2, 0) is 16.0 Å². The molecule has 1 amide bonds. The summed E-state index contributed by atoms with van der Waals surface area (Å²) in [6, 6.07) is 12.5. The third-order valence-electron chi connectivity index (χ3n) is 3.75. The first-order chi connectivity index (χ1) is 12.4. The lowest BCUT2D eigenvalue weighted by Crippen LogP contribution is -2.43. The number of nitro benzene ring substituents is 1. The highest BCUT2D eigenvalue weighted by Crippen LogP contribution is 2.20. The Kier molecular flexibility index (Phi) is 6.43. The summed E-state index contributed by atoms with van der Waals surface area (Å²) in [4.78, 5) is 35.4. The molecule has 0 saturated carbocycles. The van der Waals surface area contributed by atoms with Crippen LogP contribution in [0.25, 0.3) is 0 Å². The quantitative estimate of drug-likeness (QED) is 0.467. The fourth-order valence-electron chi connectivity index (χ4n) is 2.51. The third kappa shape index (κ3) is 4.89. The second kappa shape index (κ2) is 8.75. The highest BCUT2D eigenvalue weighted by molar-refractivity contribution is 6.00. The van der Waals surface area contributed by atoms with Crippen molar-refractivity contribution in [2.45, 2.75) is 26.3 Å². The minimum absolute atomic E-state index is 0.0858. The number of hydrogen-bond donors (Lipinski definition) is 1. The molecular formula is C19H20N2O5. The van der Waals surface area contributed by atoms with Crippen molar-refractivity contribution in [1.29, 1.82) is 0 Å². The van der Waals surface area contributed by atoms with Crippen LogP contribution in [0.2, 0.25) is 0 Å². The van der Waals surface area contributed by atoms with Crippen LogP contribution in [-0.4, -0.2) is 29.4 Å². The molecule has 0 heterocycles. The first-order valence-corrected chi connectivity index (χ1v) is 8.18. The van der Waals surface area contributed by atoms with Gasteiger partial charge in [0.25, 0.3) is 11.6 Å². The van der Waals surface area contributed by atoms with Gasteiger partial charge in [0.05, 0.1) is 11.5 Å². The van der Waals surface area contributed by atoms with Crippen LogP contribution < -0.4 is 5.32 Å². The average molecular weight is 356 g/mol. The Morgan fingerprint density at radius 1 is 1.19 bits per heavy atom. The van der Waals surface area contributed by atoms with Crippen molar-refractivity contribution in [2.24, 2.45) is 0 Å². The van der Waals surface area contributed by atoms with E-state index in [1.165, 1.54) is 12.1 Å². The summed E-state index contributed by atoms with van der Waals surface area (Å²) in [5, 5.41) is 13.8. The minimum atomic E-state index is -0.940. The van der Waals surface area contributed by atoms with E-state index in [1.807, 2.05) is 30.3 Å². The molecule has 0 bridgehead atoms. The molecule has 1 N–H and O–H groups in total. The molecule has 0 spiro atoms. The van der Waals surface area contributed by atoms with E-state index >= 15 is 0 Å². The Hall–Kier alpha value is -3.22. The van der Waals surface area contributed by atoms with Gasteiger partial charge in [0, 0.05) is 12.5 Å². The number of carbonyl (C=O) groups excluding carboxylic acids is 2. The number of ether oxygens (including phenoxy) is 1. The van der Waals surface area contributed by atoms with Crippen molar-refractivity contribution in [3.63, 3.8) is 0 Å². The maximum absolute atomic E-state index is 12.6. The van der Waals surface area contributed by atoms with Gasteiger partial charge >= 0.3 is 5.97 Å². The Morgan fingerprint density at radius 3 is 2.50 bits per heavy atom. The number of aryl methyl sites for hydroxylation is 1. The molecule has 0 fully saturated rings. The highest BCUT2D eigenvalue weighted by Gasteiger charge is 2.27. The fourth-order valence-corrected chi connectivity index (χ4v) is 2.51. The van der Waals surface area contributed by atoms with Crippen molar-refractivity contribution in [3.8, 4) is 0 Å². The molecule has 7 heteroatoms. The topological polar surface area (TPSA) is 98.5 Å². The standard InChI is InChI=1S/C19H20N2O5/c1-3-26-19(23)16(12-14-7-5-4-6-8-14)20-18(22)15-11-13(2)9-10-17(15)21(24)25/h4-11,16H,3,12H2,1-2H3,(H,20,22). The van der Waals surface area contributed by atoms with E-state index in [4.69, 9.17) is 4.74 Å². The van der Waals surface area contributed by atoms with Gasteiger partial charge in [-0.05, 0) is 31.0 Å². The summed E-state index contributed by atoms with van der Waals surface area (Å²) >= 11 is 0. The van der Waals surface area contributed by atoms with Crippen molar-refractivity contribution in [1.82, 2.24) is 5.32 Å². The van der Waals surface area contributed by atoms with Crippen LogP contribution in [0, 0.1) is 17.0 Å². The van der Waals surface area contributed by atoms with Crippen molar-refractivity contribution < 1.29 is 19.2 Å².